The zero-order valence-corrected chi connectivity index (χ0v) is 13.7. The maximum atomic E-state index is 12.4. The van der Waals surface area contributed by atoms with Crippen molar-refractivity contribution in [1.29, 1.82) is 0 Å². The molecule has 3 rings (SSSR count). The second-order valence-corrected chi connectivity index (χ2v) is 5.96. The summed E-state index contributed by atoms with van der Waals surface area (Å²) < 4.78 is 0. The van der Waals surface area contributed by atoms with Crippen molar-refractivity contribution in [3.05, 3.63) is 83.9 Å². The first-order valence-corrected chi connectivity index (χ1v) is 8.16. The molecule has 0 aliphatic rings. The molecule has 3 aromatic rings. The Morgan fingerprint density at radius 3 is 2.32 bits per heavy atom. The summed E-state index contributed by atoms with van der Waals surface area (Å²) in [5.41, 5.74) is 1.76. The van der Waals surface area contributed by atoms with E-state index in [0.29, 0.717) is 0 Å². The monoisotopic (exact) mass is 333 g/mol. The molecule has 126 valence electrons. The van der Waals surface area contributed by atoms with Gasteiger partial charge in [0.2, 0.25) is 5.91 Å². The molecule has 0 fully saturated rings. The summed E-state index contributed by atoms with van der Waals surface area (Å²) in [6.45, 7) is 0. The predicted octanol–water partition coefficient (Wildman–Crippen LogP) is 3.19. The van der Waals surface area contributed by atoms with E-state index in [-0.39, 0.29) is 18.7 Å². The fourth-order valence-corrected chi connectivity index (χ4v) is 2.91. The van der Waals surface area contributed by atoms with Crippen LogP contribution < -0.4 is 5.32 Å². The number of hydrogen-bond acceptors (Lipinski definition) is 2. The quantitative estimate of drug-likeness (QED) is 0.728. The van der Waals surface area contributed by atoms with Crippen molar-refractivity contribution < 1.29 is 14.7 Å². The Kier molecular flexibility index (Phi) is 5.09. The van der Waals surface area contributed by atoms with E-state index >= 15 is 0 Å². The Balaban J connectivity index is 1.72. The molecule has 0 spiro atoms. The van der Waals surface area contributed by atoms with Gasteiger partial charge < -0.3 is 10.4 Å². The molecule has 0 saturated heterocycles. The van der Waals surface area contributed by atoms with Crippen LogP contribution in [-0.4, -0.2) is 23.0 Å². The van der Waals surface area contributed by atoms with Gasteiger partial charge in [0.25, 0.3) is 0 Å². The number of amides is 1. The van der Waals surface area contributed by atoms with E-state index in [9.17, 15) is 14.7 Å². The van der Waals surface area contributed by atoms with Crippen LogP contribution in [0.2, 0.25) is 0 Å². The van der Waals surface area contributed by atoms with Crippen molar-refractivity contribution in [1.82, 2.24) is 5.32 Å². The molecule has 2 N–H and O–H groups in total. The van der Waals surface area contributed by atoms with Crippen LogP contribution in [0.5, 0.6) is 0 Å². The third-order valence-corrected chi connectivity index (χ3v) is 4.15. The van der Waals surface area contributed by atoms with Crippen LogP contribution in [0.15, 0.2) is 72.8 Å². The first-order valence-electron chi connectivity index (χ1n) is 8.16. The maximum Gasteiger partial charge on any atom is 0.326 e. The lowest BCUT2D eigenvalue weighted by molar-refractivity contribution is -0.141. The van der Waals surface area contributed by atoms with Gasteiger partial charge in [0.05, 0.1) is 6.42 Å². The van der Waals surface area contributed by atoms with Crippen molar-refractivity contribution in [2.24, 2.45) is 0 Å². The molecule has 3 aromatic carbocycles. The Morgan fingerprint density at radius 1 is 0.880 bits per heavy atom. The smallest absolute Gasteiger partial charge is 0.326 e. The van der Waals surface area contributed by atoms with Crippen LogP contribution in [0.3, 0.4) is 0 Å². The fourth-order valence-electron chi connectivity index (χ4n) is 2.91. The van der Waals surface area contributed by atoms with Gasteiger partial charge in [-0.15, -0.1) is 0 Å². The van der Waals surface area contributed by atoms with Gasteiger partial charge in [-0.1, -0.05) is 72.8 Å². The van der Waals surface area contributed by atoms with Crippen LogP contribution in [0.25, 0.3) is 10.8 Å². The summed E-state index contributed by atoms with van der Waals surface area (Å²) in [4.78, 5) is 23.9. The SMILES string of the molecule is O=C(Cc1cccc2ccccc12)N[C@@H](Cc1ccccc1)C(=O)O. The highest BCUT2D eigenvalue weighted by Crippen LogP contribution is 2.19. The standard InChI is InChI=1S/C21H19NO3/c23-20(14-17-11-6-10-16-9-4-5-12-18(16)17)22-19(21(24)25)13-15-7-2-1-3-8-15/h1-12,19H,13-14H2,(H,22,23)(H,24,25)/t19-/m0/s1. The normalized spacial score (nSPS) is 11.8. The van der Waals surface area contributed by atoms with E-state index in [2.05, 4.69) is 5.32 Å². The molecular weight excluding hydrogens is 314 g/mol. The van der Waals surface area contributed by atoms with E-state index in [1.54, 1.807) is 0 Å². The molecule has 0 aromatic heterocycles. The van der Waals surface area contributed by atoms with Gasteiger partial charge in [0.1, 0.15) is 6.04 Å². The van der Waals surface area contributed by atoms with Gasteiger partial charge in [0, 0.05) is 6.42 Å². The Bertz CT molecular complexity index is 885. The molecule has 0 radical (unpaired) electrons. The molecule has 4 nitrogen and oxygen atoms in total. The number of aliphatic carboxylic acids is 1. The van der Waals surface area contributed by atoms with Gasteiger partial charge in [-0.3, -0.25) is 4.79 Å². The van der Waals surface area contributed by atoms with Crippen LogP contribution in [0.4, 0.5) is 0 Å². The molecule has 0 heterocycles. The minimum atomic E-state index is -1.03. The number of carboxylic acids is 1. The van der Waals surface area contributed by atoms with Crippen molar-refractivity contribution >= 4 is 22.6 Å². The van der Waals surface area contributed by atoms with E-state index in [0.717, 1.165) is 21.9 Å². The largest absolute Gasteiger partial charge is 0.480 e. The summed E-state index contributed by atoms with van der Waals surface area (Å²) in [5.74, 6) is -1.32. The minimum Gasteiger partial charge on any atom is -0.480 e. The molecule has 4 heteroatoms. The number of hydrogen-bond donors (Lipinski definition) is 2. The lowest BCUT2D eigenvalue weighted by Gasteiger charge is -2.15. The highest BCUT2D eigenvalue weighted by Gasteiger charge is 2.20. The zero-order chi connectivity index (χ0) is 17.6. The van der Waals surface area contributed by atoms with Gasteiger partial charge in [-0.2, -0.15) is 0 Å². The zero-order valence-electron chi connectivity index (χ0n) is 13.7. The van der Waals surface area contributed by atoms with Gasteiger partial charge in [-0.05, 0) is 21.9 Å². The van der Waals surface area contributed by atoms with Gasteiger partial charge in [0.15, 0.2) is 0 Å². The molecule has 0 unspecified atom stereocenters. The van der Waals surface area contributed by atoms with E-state index in [1.165, 1.54) is 0 Å². The Morgan fingerprint density at radius 2 is 1.56 bits per heavy atom. The number of carboxylic acid groups (broad SMARTS) is 1. The average molecular weight is 333 g/mol. The third-order valence-electron chi connectivity index (χ3n) is 4.15. The number of fused-ring (bicyclic) bond motifs is 1. The lowest BCUT2D eigenvalue weighted by Crippen LogP contribution is -2.43. The first-order chi connectivity index (χ1) is 12.1. The molecular formula is C21H19NO3. The summed E-state index contributed by atoms with van der Waals surface area (Å²) in [5, 5.41) is 14.1. The lowest BCUT2D eigenvalue weighted by atomic mass is 10.0. The van der Waals surface area contributed by atoms with Gasteiger partial charge >= 0.3 is 5.97 Å². The van der Waals surface area contributed by atoms with Gasteiger partial charge in [-0.25, -0.2) is 4.79 Å². The molecule has 1 atom stereocenters. The first kappa shape index (κ1) is 16.7. The van der Waals surface area contributed by atoms with Crippen LogP contribution >= 0.6 is 0 Å². The second-order valence-electron chi connectivity index (χ2n) is 5.96. The maximum absolute atomic E-state index is 12.4. The molecule has 0 aliphatic carbocycles. The van der Waals surface area contributed by atoms with Crippen molar-refractivity contribution in [2.75, 3.05) is 0 Å². The fraction of sp³-hybridized carbons (Fsp3) is 0.143. The Labute approximate surface area is 146 Å². The number of carbonyl (C=O) groups is 2. The van der Waals surface area contributed by atoms with E-state index < -0.39 is 12.0 Å². The summed E-state index contributed by atoms with van der Waals surface area (Å²) in [7, 11) is 0. The highest BCUT2D eigenvalue weighted by molar-refractivity contribution is 5.91. The van der Waals surface area contributed by atoms with Crippen LogP contribution in [0.1, 0.15) is 11.1 Å². The highest BCUT2D eigenvalue weighted by atomic mass is 16.4. The number of carbonyl (C=O) groups excluding carboxylic acids is 1. The summed E-state index contributed by atoms with van der Waals surface area (Å²) >= 11 is 0. The minimum absolute atomic E-state index is 0.153. The summed E-state index contributed by atoms with van der Waals surface area (Å²) in [6.07, 6.45) is 0.414. The predicted molar refractivity (Wildman–Crippen MR) is 97.4 cm³/mol. The number of rotatable bonds is 6. The molecule has 1 amide bonds. The Hall–Kier alpha value is -3.14. The summed E-state index contributed by atoms with van der Waals surface area (Å²) in [6, 6.07) is 22.0. The van der Waals surface area contributed by atoms with Crippen LogP contribution in [0, 0.1) is 0 Å². The number of benzene rings is 3. The average Bonchev–Trinajstić information content (AvgIpc) is 2.62. The third kappa shape index (κ3) is 4.23. The van der Waals surface area contributed by atoms with Crippen molar-refractivity contribution in [2.45, 2.75) is 18.9 Å². The van der Waals surface area contributed by atoms with E-state index in [1.807, 2.05) is 72.8 Å². The molecule has 25 heavy (non-hydrogen) atoms. The molecule has 0 bridgehead atoms. The van der Waals surface area contributed by atoms with Crippen molar-refractivity contribution in [3.8, 4) is 0 Å². The topological polar surface area (TPSA) is 66.4 Å². The second kappa shape index (κ2) is 7.62. The van der Waals surface area contributed by atoms with Crippen LogP contribution in [-0.2, 0) is 22.4 Å². The molecule has 0 saturated carbocycles. The number of nitrogens with one attached hydrogen (secondary N) is 1. The van der Waals surface area contributed by atoms with Crippen molar-refractivity contribution in [3.63, 3.8) is 0 Å². The van der Waals surface area contributed by atoms with E-state index in [4.69, 9.17) is 0 Å². The molecule has 0 aliphatic heterocycles.